The van der Waals surface area contributed by atoms with Crippen LogP contribution in [0, 0.1) is 0 Å². The summed E-state index contributed by atoms with van der Waals surface area (Å²) in [5, 5.41) is 3.57. The Balaban J connectivity index is 1.51. The monoisotopic (exact) mass is 646 g/mol. The summed E-state index contributed by atoms with van der Waals surface area (Å²) in [6.45, 7) is 8.14. The maximum absolute atomic E-state index is 13.7. The number of hydrogen-bond acceptors (Lipinski definition) is 5. The summed E-state index contributed by atoms with van der Waals surface area (Å²) in [5.74, 6) is 1.05. The van der Waals surface area contributed by atoms with Crippen molar-refractivity contribution in [3.05, 3.63) is 63.3 Å². The third-order valence-corrected chi connectivity index (χ3v) is 8.00. The molecule has 10 heteroatoms. The zero-order valence-corrected chi connectivity index (χ0v) is 26.6. The van der Waals surface area contributed by atoms with Gasteiger partial charge in [-0.05, 0) is 76.3 Å². The van der Waals surface area contributed by atoms with Gasteiger partial charge < -0.3 is 24.3 Å². The van der Waals surface area contributed by atoms with Crippen molar-refractivity contribution in [2.75, 3.05) is 26.8 Å². The van der Waals surface area contributed by atoms with Crippen LogP contribution in [0.4, 0.5) is 4.79 Å². The van der Waals surface area contributed by atoms with E-state index in [1.807, 2.05) is 68.1 Å². The normalized spacial score (nSPS) is 16.5. The molecule has 41 heavy (non-hydrogen) atoms. The molecule has 4 rings (SSSR count). The number of nitrogens with zero attached hydrogens (tertiary/aromatic N) is 3. The highest BCUT2D eigenvalue weighted by Crippen LogP contribution is 2.32. The van der Waals surface area contributed by atoms with Crippen molar-refractivity contribution in [1.29, 1.82) is 0 Å². The smallest absolute Gasteiger partial charge is 0.407 e. The minimum atomic E-state index is -0.631. The maximum atomic E-state index is 13.7. The number of halogens is 2. The van der Waals surface area contributed by atoms with Crippen LogP contribution < -0.4 is 5.32 Å². The number of carbonyl (C=O) groups excluding carboxylic acids is 2. The molecule has 1 N–H and O–H groups in total. The fraction of sp³-hybridized carbons (Fsp3) is 0.516. The molecule has 2 amide bonds. The average Bonchev–Trinajstić information content (AvgIpc) is 3.29. The largest absolute Gasteiger partial charge is 0.444 e. The number of alkyl carbamates (subject to hydrolysis) is 1. The number of piperidine rings is 1. The van der Waals surface area contributed by atoms with Crippen LogP contribution in [0.3, 0.4) is 0 Å². The number of para-hydroxylation sites is 1. The Kier molecular flexibility index (Phi) is 10.7. The zero-order chi connectivity index (χ0) is 29.6. The summed E-state index contributed by atoms with van der Waals surface area (Å²) in [5.41, 5.74) is 2.19. The molecule has 1 aromatic heterocycles. The number of hydrogen-bond donors (Lipinski definition) is 1. The number of carbonyl (C=O) groups is 2. The van der Waals surface area contributed by atoms with E-state index in [-0.39, 0.29) is 18.2 Å². The highest BCUT2D eigenvalue weighted by molar-refractivity contribution is 9.10. The maximum Gasteiger partial charge on any atom is 0.407 e. The van der Waals surface area contributed by atoms with E-state index in [1.54, 1.807) is 7.11 Å². The summed E-state index contributed by atoms with van der Waals surface area (Å²) < 4.78 is 14.0. The van der Waals surface area contributed by atoms with Crippen molar-refractivity contribution in [1.82, 2.24) is 19.8 Å². The van der Waals surface area contributed by atoms with Gasteiger partial charge in [-0.3, -0.25) is 4.79 Å². The first-order valence-corrected chi connectivity index (χ1v) is 15.4. The van der Waals surface area contributed by atoms with E-state index < -0.39 is 17.7 Å². The van der Waals surface area contributed by atoms with E-state index in [0.29, 0.717) is 31.1 Å². The highest BCUT2D eigenvalue weighted by Gasteiger charge is 2.31. The van der Waals surface area contributed by atoms with Crippen LogP contribution in [0.25, 0.3) is 11.0 Å². The van der Waals surface area contributed by atoms with Gasteiger partial charge in [-0.1, -0.05) is 45.7 Å². The van der Waals surface area contributed by atoms with Crippen LogP contribution in [0.1, 0.15) is 63.8 Å². The molecule has 1 fully saturated rings. The molecule has 0 radical (unpaired) electrons. The van der Waals surface area contributed by atoms with E-state index >= 15 is 0 Å². The lowest BCUT2D eigenvalue weighted by Crippen LogP contribution is -2.46. The number of fused-ring (bicyclic) bond motifs is 1. The molecule has 0 aliphatic carbocycles. The van der Waals surface area contributed by atoms with Gasteiger partial charge in [-0.2, -0.15) is 0 Å². The lowest BCUT2D eigenvalue weighted by Gasteiger charge is -2.34. The molecule has 1 saturated heterocycles. The van der Waals surface area contributed by atoms with Gasteiger partial charge in [0.1, 0.15) is 16.9 Å². The predicted molar refractivity (Wildman–Crippen MR) is 165 cm³/mol. The van der Waals surface area contributed by atoms with Gasteiger partial charge in [0, 0.05) is 56.2 Å². The van der Waals surface area contributed by atoms with Gasteiger partial charge in [-0.25, -0.2) is 9.78 Å². The number of imidazole rings is 1. The van der Waals surface area contributed by atoms with Crippen molar-refractivity contribution in [3.63, 3.8) is 0 Å². The van der Waals surface area contributed by atoms with E-state index in [4.69, 9.17) is 26.1 Å². The molecule has 3 aromatic rings. The van der Waals surface area contributed by atoms with Gasteiger partial charge in [0.2, 0.25) is 5.91 Å². The van der Waals surface area contributed by atoms with Gasteiger partial charge >= 0.3 is 6.09 Å². The molecule has 1 aliphatic rings. The number of aromatic nitrogens is 2. The second-order valence-electron chi connectivity index (χ2n) is 11.6. The number of likely N-dealkylation sites (tertiary alicyclic amines) is 1. The number of methoxy groups -OCH3 is 1. The number of benzene rings is 2. The van der Waals surface area contributed by atoms with Gasteiger partial charge in [0.25, 0.3) is 0 Å². The van der Waals surface area contributed by atoms with Crippen LogP contribution in [0.2, 0.25) is 5.02 Å². The van der Waals surface area contributed by atoms with Gasteiger partial charge in [-0.15, -0.1) is 0 Å². The molecule has 8 nitrogen and oxygen atoms in total. The van der Waals surface area contributed by atoms with Crippen LogP contribution in [-0.4, -0.2) is 64.9 Å². The second kappa shape index (κ2) is 14.0. The standard InChI is InChI=1S/C31H40BrClN4O4/c1-31(2,3)41-30(39)34-24(18-21-11-13-23(32)14-12-21)19-27(38)36-15-6-8-22(20-36)29-35-28-25(33)9-5-10-26(28)37(29)16-7-17-40-4/h5,9-14,22,24H,6-8,15-20H2,1-4H3,(H,34,39). The fourth-order valence-corrected chi connectivity index (χ4v) is 5.83. The molecule has 2 unspecified atom stereocenters. The first-order valence-electron chi connectivity index (χ1n) is 14.2. The first-order chi connectivity index (χ1) is 19.5. The lowest BCUT2D eigenvalue weighted by molar-refractivity contribution is -0.132. The predicted octanol–water partition coefficient (Wildman–Crippen LogP) is 6.72. The van der Waals surface area contributed by atoms with Crippen molar-refractivity contribution < 1.29 is 19.1 Å². The molecule has 222 valence electrons. The Morgan fingerprint density at radius 2 is 1.95 bits per heavy atom. The van der Waals surface area contributed by atoms with Gasteiger partial charge in [0.05, 0.1) is 10.5 Å². The molecule has 2 atom stereocenters. The molecule has 1 aliphatic heterocycles. The molecule has 2 aromatic carbocycles. The number of ether oxygens (including phenoxy) is 2. The number of nitrogens with one attached hydrogen (secondary N) is 1. The van der Waals surface area contributed by atoms with E-state index in [1.165, 1.54) is 0 Å². The van der Waals surface area contributed by atoms with Crippen molar-refractivity contribution in [2.24, 2.45) is 0 Å². The Hall–Kier alpha value is -2.62. The van der Waals surface area contributed by atoms with Crippen LogP contribution in [-0.2, 0) is 27.2 Å². The van der Waals surface area contributed by atoms with Crippen LogP contribution in [0.15, 0.2) is 46.9 Å². The Bertz CT molecular complexity index is 1340. The van der Waals surface area contributed by atoms with Crippen LogP contribution in [0.5, 0.6) is 0 Å². The van der Waals surface area contributed by atoms with Crippen molar-refractivity contribution >= 4 is 50.6 Å². The number of aryl methyl sites for hydroxylation is 1. The summed E-state index contributed by atoms with van der Waals surface area (Å²) in [4.78, 5) is 33.2. The fourth-order valence-electron chi connectivity index (χ4n) is 5.35. The summed E-state index contributed by atoms with van der Waals surface area (Å²) in [7, 11) is 1.70. The number of rotatable bonds is 10. The Morgan fingerprint density at radius 3 is 2.66 bits per heavy atom. The summed E-state index contributed by atoms with van der Waals surface area (Å²) in [6.07, 6.45) is 2.84. The zero-order valence-electron chi connectivity index (χ0n) is 24.3. The quantitative estimate of drug-likeness (QED) is 0.247. The second-order valence-corrected chi connectivity index (χ2v) is 13.0. The van der Waals surface area contributed by atoms with E-state index in [0.717, 1.165) is 52.7 Å². The SMILES string of the molecule is COCCCn1c(C2CCCN(C(=O)CC(Cc3ccc(Br)cc3)NC(=O)OC(C)(C)C)C2)nc2c(Cl)cccc21. The Morgan fingerprint density at radius 1 is 1.20 bits per heavy atom. The van der Waals surface area contributed by atoms with Crippen molar-refractivity contribution in [2.45, 2.75) is 77.0 Å². The molecule has 0 bridgehead atoms. The summed E-state index contributed by atoms with van der Waals surface area (Å²) in [6, 6.07) is 13.4. The molecular formula is C31H40BrClN4O4. The van der Waals surface area contributed by atoms with E-state index in [9.17, 15) is 9.59 Å². The van der Waals surface area contributed by atoms with Crippen LogP contribution >= 0.6 is 27.5 Å². The third kappa shape index (κ3) is 8.69. The minimum absolute atomic E-state index is 0.00736. The summed E-state index contributed by atoms with van der Waals surface area (Å²) >= 11 is 9.99. The minimum Gasteiger partial charge on any atom is -0.444 e. The lowest BCUT2D eigenvalue weighted by atomic mass is 9.95. The van der Waals surface area contributed by atoms with E-state index in [2.05, 4.69) is 25.8 Å². The molecule has 0 spiro atoms. The third-order valence-electron chi connectivity index (χ3n) is 7.17. The topological polar surface area (TPSA) is 85.7 Å². The van der Waals surface area contributed by atoms with Crippen molar-refractivity contribution in [3.8, 4) is 0 Å². The number of amides is 2. The first kappa shape index (κ1) is 31.3. The molecule has 2 heterocycles. The molecule has 0 saturated carbocycles. The highest BCUT2D eigenvalue weighted by atomic mass is 79.9. The average molecular weight is 648 g/mol. The molecular weight excluding hydrogens is 608 g/mol. The Labute approximate surface area is 255 Å². The van der Waals surface area contributed by atoms with Gasteiger partial charge in [0.15, 0.2) is 0 Å².